The second-order valence-corrected chi connectivity index (χ2v) is 7.26. The van der Waals surface area contributed by atoms with Crippen molar-refractivity contribution >= 4 is 31.7 Å². The Kier molecular flexibility index (Phi) is 4.83. The predicted octanol–water partition coefficient (Wildman–Crippen LogP) is 5.23. The van der Waals surface area contributed by atoms with E-state index in [-0.39, 0.29) is 4.90 Å². The summed E-state index contributed by atoms with van der Waals surface area (Å²) >= 11 is 0. The minimum atomic E-state index is -4.02. The van der Waals surface area contributed by atoms with Crippen LogP contribution in [0.5, 0.6) is 0 Å². The molecule has 0 aliphatic rings. The third-order valence-electron chi connectivity index (χ3n) is 3.93. The Morgan fingerprint density at radius 3 is 1.32 bits per heavy atom. The number of hydrogen-bond donors (Lipinski definition) is 1. The maximum Gasteiger partial charge on any atom is 0.294 e. The SMILES string of the molecule is Cc1ccc(S(=O)(=O)O)cc1.c1ccc2cc3ccccc3cc2c1. The molecule has 0 atom stereocenters. The highest BCUT2D eigenvalue weighted by molar-refractivity contribution is 7.85. The second-order valence-electron chi connectivity index (χ2n) is 5.83. The maximum absolute atomic E-state index is 10.5. The molecule has 0 bridgehead atoms. The molecule has 4 heteroatoms. The first-order valence-corrected chi connectivity index (χ1v) is 9.29. The van der Waals surface area contributed by atoms with Crippen molar-refractivity contribution in [1.29, 1.82) is 0 Å². The van der Waals surface area contributed by atoms with Crippen LogP contribution in [0.25, 0.3) is 21.5 Å². The van der Waals surface area contributed by atoms with Gasteiger partial charge in [0.25, 0.3) is 10.1 Å². The van der Waals surface area contributed by atoms with E-state index in [0.717, 1.165) is 5.56 Å². The van der Waals surface area contributed by atoms with Gasteiger partial charge < -0.3 is 0 Å². The van der Waals surface area contributed by atoms with Crippen molar-refractivity contribution in [1.82, 2.24) is 0 Å². The molecule has 0 aliphatic heterocycles. The predicted molar refractivity (Wildman–Crippen MR) is 102 cm³/mol. The lowest BCUT2D eigenvalue weighted by molar-refractivity contribution is 0.483. The molecule has 4 aromatic carbocycles. The average Bonchev–Trinajstić information content (AvgIpc) is 2.60. The van der Waals surface area contributed by atoms with E-state index in [0.29, 0.717) is 0 Å². The van der Waals surface area contributed by atoms with Gasteiger partial charge in [-0.3, -0.25) is 4.55 Å². The van der Waals surface area contributed by atoms with Crippen molar-refractivity contribution in [2.24, 2.45) is 0 Å². The maximum atomic E-state index is 10.5. The quantitative estimate of drug-likeness (QED) is 0.377. The van der Waals surface area contributed by atoms with Gasteiger partial charge in [-0.05, 0) is 52.7 Å². The van der Waals surface area contributed by atoms with E-state index in [9.17, 15) is 8.42 Å². The fraction of sp³-hybridized carbons (Fsp3) is 0.0476. The van der Waals surface area contributed by atoms with Gasteiger partial charge in [-0.1, -0.05) is 66.2 Å². The van der Waals surface area contributed by atoms with Crippen molar-refractivity contribution in [2.45, 2.75) is 11.8 Å². The first kappa shape index (κ1) is 17.1. The normalized spacial score (nSPS) is 11.1. The van der Waals surface area contributed by atoms with Crippen LogP contribution in [-0.4, -0.2) is 13.0 Å². The lowest BCUT2D eigenvalue weighted by Crippen LogP contribution is -1.96. The van der Waals surface area contributed by atoms with Crippen LogP contribution in [0, 0.1) is 6.92 Å². The smallest absolute Gasteiger partial charge is 0.282 e. The van der Waals surface area contributed by atoms with Crippen molar-refractivity contribution in [3.05, 3.63) is 90.5 Å². The molecule has 0 spiro atoms. The van der Waals surface area contributed by atoms with Gasteiger partial charge in [0.2, 0.25) is 0 Å². The third-order valence-corrected chi connectivity index (χ3v) is 4.80. The Bertz CT molecular complexity index is 1010. The highest BCUT2D eigenvalue weighted by Crippen LogP contribution is 2.22. The van der Waals surface area contributed by atoms with Gasteiger partial charge in [0.05, 0.1) is 4.90 Å². The number of hydrogen-bond acceptors (Lipinski definition) is 2. The molecular formula is C21H18O3S. The minimum Gasteiger partial charge on any atom is -0.282 e. The lowest BCUT2D eigenvalue weighted by atomic mass is 10.0. The van der Waals surface area contributed by atoms with E-state index in [4.69, 9.17) is 4.55 Å². The van der Waals surface area contributed by atoms with E-state index in [1.807, 2.05) is 6.92 Å². The van der Waals surface area contributed by atoms with Crippen molar-refractivity contribution in [2.75, 3.05) is 0 Å². The molecule has 1 N–H and O–H groups in total. The number of benzene rings is 4. The molecule has 0 saturated heterocycles. The molecule has 4 aromatic rings. The summed E-state index contributed by atoms with van der Waals surface area (Å²) in [7, 11) is -4.02. The molecule has 25 heavy (non-hydrogen) atoms. The summed E-state index contributed by atoms with van der Waals surface area (Å²) in [6.07, 6.45) is 0. The lowest BCUT2D eigenvalue weighted by Gasteiger charge is -2.00. The summed E-state index contributed by atoms with van der Waals surface area (Å²) in [6, 6.07) is 27.4. The zero-order chi connectivity index (χ0) is 17.9. The highest BCUT2D eigenvalue weighted by atomic mass is 32.2. The van der Waals surface area contributed by atoms with Crippen LogP contribution in [0.4, 0.5) is 0 Å². The summed E-state index contributed by atoms with van der Waals surface area (Å²) in [5.74, 6) is 0. The topological polar surface area (TPSA) is 54.4 Å². The molecule has 0 radical (unpaired) electrons. The molecule has 4 rings (SSSR count). The second kappa shape index (κ2) is 7.05. The Labute approximate surface area is 147 Å². The zero-order valence-electron chi connectivity index (χ0n) is 13.8. The van der Waals surface area contributed by atoms with Gasteiger partial charge in [-0.25, -0.2) is 0 Å². The molecule has 0 amide bonds. The fourth-order valence-corrected chi connectivity index (χ4v) is 3.07. The Balaban J connectivity index is 0.000000151. The molecule has 0 aromatic heterocycles. The van der Waals surface area contributed by atoms with Crippen LogP contribution < -0.4 is 0 Å². The largest absolute Gasteiger partial charge is 0.294 e. The molecule has 0 fully saturated rings. The third kappa shape index (κ3) is 4.24. The van der Waals surface area contributed by atoms with Crippen LogP contribution >= 0.6 is 0 Å². The molecule has 0 saturated carbocycles. The van der Waals surface area contributed by atoms with Gasteiger partial charge in [-0.15, -0.1) is 0 Å². The number of fused-ring (bicyclic) bond motifs is 2. The van der Waals surface area contributed by atoms with Crippen LogP contribution in [0.2, 0.25) is 0 Å². The zero-order valence-corrected chi connectivity index (χ0v) is 14.6. The van der Waals surface area contributed by atoms with Crippen molar-refractivity contribution in [3.63, 3.8) is 0 Å². The first-order chi connectivity index (χ1) is 11.9. The molecule has 3 nitrogen and oxygen atoms in total. The Morgan fingerprint density at radius 2 is 1.00 bits per heavy atom. The van der Waals surface area contributed by atoms with Gasteiger partial charge in [0.1, 0.15) is 0 Å². The monoisotopic (exact) mass is 350 g/mol. The Hall–Kier alpha value is -2.69. The highest BCUT2D eigenvalue weighted by Gasteiger charge is 2.06. The summed E-state index contributed by atoms with van der Waals surface area (Å²) in [4.78, 5) is -0.0666. The van der Waals surface area contributed by atoms with Crippen LogP contribution in [-0.2, 0) is 10.1 Å². The van der Waals surface area contributed by atoms with E-state index < -0.39 is 10.1 Å². The van der Waals surface area contributed by atoms with Gasteiger partial charge in [0.15, 0.2) is 0 Å². The van der Waals surface area contributed by atoms with Gasteiger partial charge in [-0.2, -0.15) is 8.42 Å². The van der Waals surface area contributed by atoms with E-state index in [1.54, 1.807) is 12.1 Å². The number of rotatable bonds is 1. The van der Waals surface area contributed by atoms with Gasteiger partial charge >= 0.3 is 0 Å². The van der Waals surface area contributed by atoms with Crippen molar-refractivity contribution in [3.8, 4) is 0 Å². The minimum absolute atomic E-state index is 0.0666. The van der Waals surface area contributed by atoms with Crippen LogP contribution in [0.15, 0.2) is 89.8 Å². The molecular weight excluding hydrogens is 332 g/mol. The van der Waals surface area contributed by atoms with Crippen LogP contribution in [0.3, 0.4) is 0 Å². The summed E-state index contributed by atoms with van der Waals surface area (Å²) in [5.41, 5.74) is 0.956. The average molecular weight is 350 g/mol. The van der Waals surface area contributed by atoms with Crippen molar-refractivity contribution < 1.29 is 13.0 Å². The molecule has 0 aliphatic carbocycles. The van der Waals surface area contributed by atoms with E-state index in [1.165, 1.54) is 33.7 Å². The fourth-order valence-electron chi connectivity index (χ4n) is 2.59. The van der Waals surface area contributed by atoms with E-state index in [2.05, 4.69) is 60.7 Å². The molecule has 0 unspecified atom stereocenters. The summed E-state index contributed by atoms with van der Waals surface area (Å²) < 4.78 is 29.6. The Morgan fingerprint density at radius 1 is 0.640 bits per heavy atom. The van der Waals surface area contributed by atoms with E-state index >= 15 is 0 Å². The van der Waals surface area contributed by atoms with Crippen LogP contribution in [0.1, 0.15) is 5.56 Å². The molecule has 126 valence electrons. The summed E-state index contributed by atoms with van der Waals surface area (Å²) in [5, 5.41) is 5.25. The summed E-state index contributed by atoms with van der Waals surface area (Å²) in [6.45, 7) is 1.84. The first-order valence-electron chi connectivity index (χ1n) is 7.85. The number of aryl methyl sites for hydroxylation is 1. The molecule has 0 heterocycles. The van der Waals surface area contributed by atoms with Gasteiger partial charge in [0, 0.05) is 0 Å². The standard InChI is InChI=1S/C14H10.C7H8O3S/c1-2-6-12-10-14-8-4-3-7-13(14)9-11(12)5-1;1-6-2-4-7(5-3-6)11(8,9)10/h1-10H;2-5H,1H3,(H,8,9,10).